The molecule has 2 amide bonds. The van der Waals surface area contributed by atoms with Crippen molar-refractivity contribution < 1.29 is 19.5 Å². The fraction of sp³-hybridized carbons (Fsp3) is 0.483. The number of amides is 2. The molecular formula is C29H40N2O4. The van der Waals surface area contributed by atoms with Crippen LogP contribution in [-0.2, 0) is 27.2 Å². The minimum Gasteiger partial charge on any atom is -0.481 e. The molecule has 0 aliphatic carbocycles. The molecule has 0 aromatic heterocycles. The summed E-state index contributed by atoms with van der Waals surface area (Å²) < 4.78 is 0. The Hall–Kier alpha value is -3.15. The maximum absolute atomic E-state index is 13.4. The van der Waals surface area contributed by atoms with E-state index < -0.39 is 29.3 Å². The second-order valence-electron chi connectivity index (χ2n) is 10.4. The normalized spacial score (nSPS) is 14.0. The van der Waals surface area contributed by atoms with Crippen LogP contribution in [0.15, 0.2) is 54.6 Å². The van der Waals surface area contributed by atoms with Crippen LogP contribution in [0, 0.1) is 17.3 Å². The molecule has 0 saturated heterocycles. The fourth-order valence-electron chi connectivity index (χ4n) is 4.06. The van der Waals surface area contributed by atoms with Crippen LogP contribution in [-0.4, -0.2) is 28.9 Å². The molecule has 35 heavy (non-hydrogen) atoms. The van der Waals surface area contributed by atoms with Gasteiger partial charge in [-0.3, -0.25) is 14.4 Å². The van der Waals surface area contributed by atoms with Crippen molar-refractivity contribution in [2.45, 2.75) is 72.8 Å². The van der Waals surface area contributed by atoms with Gasteiger partial charge in [0.1, 0.15) is 6.04 Å². The van der Waals surface area contributed by atoms with Gasteiger partial charge in [0, 0.05) is 11.6 Å². The van der Waals surface area contributed by atoms with Crippen LogP contribution in [0.1, 0.15) is 65.0 Å². The molecule has 0 spiro atoms. The highest BCUT2D eigenvalue weighted by atomic mass is 16.4. The lowest BCUT2D eigenvalue weighted by molar-refractivity contribution is -0.142. The van der Waals surface area contributed by atoms with E-state index in [2.05, 4.69) is 41.8 Å². The van der Waals surface area contributed by atoms with Gasteiger partial charge in [0.05, 0.1) is 5.92 Å². The Bertz CT molecular complexity index is 964. The Morgan fingerprint density at radius 2 is 1.46 bits per heavy atom. The highest BCUT2D eigenvalue weighted by molar-refractivity contribution is 5.98. The maximum Gasteiger partial charge on any atom is 0.306 e. The molecule has 0 fully saturated rings. The summed E-state index contributed by atoms with van der Waals surface area (Å²) in [5.74, 6) is -2.70. The first kappa shape index (κ1) is 28.1. The quantitative estimate of drug-likeness (QED) is 0.375. The van der Waals surface area contributed by atoms with Crippen molar-refractivity contribution in [1.29, 1.82) is 0 Å². The molecule has 2 rings (SSSR count). The van der Waals surface area contributed by atoms with E-state index in [1.807, 2.05) is 39.0 Å². The van der Waals surface area contributed by atoms with E-state index in [0.717, 1.165) is 18.4 Å². The van der Waals surface area contributed by atoms with Gasteiger partial charge in [-0.05, 0) is 54.4 Å². The van der Waals surface area contributed by atoms with Gasteiger partial charge in [0.15, 0.2) is 0 Å². The minimum atomic E-state index is -0.930. The fourth-order valence-corrected chi connectivity index (χ4v) is 4.06. The van der Waals surface area contributed by atoms with E-state index in [1.165, 1.54) is 5.56 Å². The number of carbonyl (C=O) groups excluding carboxylic acids is 2. The number of carbonyl (C=O) groups is 3. The number of anilines is 1. The molecule has 190 valence electrons. The molecule has 0 aliphatic heterocycles. The Morgan fingerprint density at radius 3 is 1.97 bits per heavy atom. The number of benzene rings is 2. The van der Waals surface area contributed by atoms with Gasteiger partial charge in [0.25, 0.3) is 0 Å². The van der Waals surface area contributed by atoms with E-state index >= 15 is 0 Å². The van der Waals surface area contributed by atoms with Crippen molar-refractivity contribution in [1.82, 2.24) is 5.32 Å². The molecule has 0 radical (unpaired) electrons. The lowest BCUT2D eigenvalue weighted by Crippen LogP contribution is -2.53. The summed E-state index contributed by atoms with van der Waals surface area (Å²) in [5, 5.41) is 15.3. The van der Waals surface area contributed by atoms with Crippen molar-refractivity contribution >= 4 is 23.5 Å². The van der Waals surface area contributed by atoms with E-state index in [9.17, 15) is 19.5 Å². The molecular weight excluding hydrogens is 440 g/mol. The molecule has 2 aromatic rings. The number of aryl methyl sites for hydroxylation is 2. The molecule has 0 unspecified atom stereocenters. The molecule has 3 atom stereocenters. The smallest absolute Gasteiger partial charge is 0.306 e. The van der Waals surface area contributed by atoms with E-state index in [-0.39, 0.29) is 18.2 Å². The summed E-state index contributed by atoms with van der Waals surface area (Å²) in [7, 11) is 0. The third kappa shape index (κ3) is 9.19. The number of para-hydroxylation sites is 1. The topological polar surface area (TPSA) is 95.5 Å². The Balaban J connectivity index is 2.15. The first-order chi connectivity index (χ1) is 16.5. The van der Waals surface area contributed by atoms with Crippen molar-refractivity contribution in [3.05, 3.63) is 65.7 Å². The lowest BCUT2D eigenvalue weighted by Gasteiger charge is -2.32. The number of hydrogen-bond donors (Lipinski definition) is 3. The zero-order valence-corrected chi connectivity index (χ0v) is 21.6. The predicted octanol–water partition coefficient (Wildman–Crippen LogP) is 5.47. The molecule has 0 bridgehead atoms. The molecule has 0 saturated carbocycles. The van der Waals surface area contributed by atoms with Gasteiger partial charge in [-0.15, -0.1) is 0 Å². The van der Waals surface area contributed by atoms with Crippen LogP contribution in [0.25, 0.3) is 0 Å². The van der Waals surface area contributed by atoms with E-state index in [4.69, 9.17) is 0 Å². The van der Waals surface area contributed by atoms with Crippen molar-refractivity contribution in [3.63, 3.8) is 0 Å². The summed E-state index contributed by atoms with van der Waals surface area (Å²) in [4.78, 5) is 38.0. The number of rotatable bonds is 12. The highest BCUT2D eigenvalue weighted by Crippen LogP contribution is 2.24. The Kier molecular flexibility index (Phi) is 10.5. The first-order valence-corrected chi connectivity index (χ1v) is 12.5. The average molecular weight is 481 g/mol. The van der Waals surface area contributed by atoms with Crippen LogP contribution in [0.4, 0.5) is 5.69 Å². The molecule has 0 heterocycles. The van der Waals surface area contributed by atoms with Crippen LogP contribution < -0.4 is 10.6 Å². The Labute approximate surface area is 209 Å². The Morgan fingerprint density at radius 1 is 0.886 bits per heavy atom. The van der Waals surface area contributed by atoms with Crippen molar-refractivity contribution in [2.24, 2.45) is 17.3 Å². The van der Waals surface area contributed by atoms with Crippen LogP contribution >= 0.6 is 0 Å². The lowest BCUT2D eigenvalue weighted by atomic mass is 9.84. The first-order valence-electron chi connectivity index (χ1n) is 12.5. The van der Waals surface area contributed by atoms with Crippen molar-refractivity contribution in [2.75, 3.05) is 5.32 Å². The van der Waals surface area contributed by atoms with Crippen LogP contribution in [0.2, 0.25) is 0 Å². The summed E-state index contributed by atoms with van der Waals surface area (Å²) >= 11 is 0. The second-order valence-corrected chi connectivity index (χ2v) is 10.4. The van der Waals surface area contributed by atoms with E-state index in [1.54, 1.807) is 19.1 Å². The van der Waals surface area contributed by atoms with Gasteiger partial charge >= 0.3 is 5.97 Å². The molecule has 6 nitrogen and oxygen atoms in total. The van der Waals surface area contributed by atoms with Crippen LogP contribution in [0.3, 0.4) is 0 Å². The predicted molar refractivity (Wildman–Crippen MR) is 140 cm³/mol. The third-order valence-corrected chi connectivity index (χ3v) is 6.23. The number of nitrogens with one attached hydrogen (secondary N) is 2. The number of aliphatic carboxylic acids is 1. The van der Waals surface area contributed by atoms with Gasteiger partial charge in [-0.1, -0.05) is 83.5 Å². The highest BCUT2D eigenvalue weighted by Gasteiger charge is 2.35. The van der Waals surface area contributed by atoms with Gasteiger partial charge in [-0.25, -0.2) is 0 Å². The summed E-state index contributed by atoms with van der Waals surface area (Å²) in [5.41, 5.74) is 2.51. The van der Waals surface area contributed by atoms with Crippen LogP contribution in [0.5, 0.6) is 0 Å². The van der Waals surface area contributed by atoms with Gasteiger partial charge in [-0.2, -0.15) is 0 Å². The maximum atomic E-state index is 13.4. The summed E-state index contributed by atoms with van der Waals surface area (Å²) in [6.07, 6.45) is 3.50. The largest absolute Gasteiger partial charge is 0.481 e. The zero-order chi connectivity index (χ0) is 26.0. The number of carboxylic acids is 1. The third-order valence-electron chi connectivity index (χ3n) is 6.23. The molecule has 2 aromatic carbocycles. The zero-order valence-electron chi connectivity index (χ0n) is 21.6. The van der Waals surface area contributed by atoms with Gasteiger partial charge < -0.3 is 15.7 Å². The average Bonchev–Trinajstić information content (AvgIpc) is 2.80. The SMILES string of the molecule is CCCc1ccc(CC[C@H](C[C@H](C)C(=O)O)C(=O)N[C@H](C(=O)Nc2ccccc2)C(C)(C)C)cc1. The van der Waals surface area contributed by atoms with Gasteiger partial charge in [0.2, 0.25) is 11.8 Å². The molecule has 0 aliphatic rings. The molecule has 3 N–H and O–H groups in total. The summed E-state index contributed by atoms with van der Waals surface area (Å²) in [6, 6.07) is 16.7. The standard InChI is InChI=1S/C29H40N2O4/c1-6-10-21-13-15-22(16-14-21)17-18-23(19-20(2)28(34)35)26(32)31-25(29(3,4)5)27(33)30-24-11-8-7-9-12-24/h7-9,11-16,20,23,25H,6,10,17-19H2,1-5H3,(H,30,33)(H,31,32)(H,34,35)/t20-,23+,25+/m0/s1. The van der Waals surface area contributed by atoms with Crippen molar-refractivity contribution in [3.8, 4) is 0 Å². The monoisotopic (exact) mass is 480 g/mol. The number of hydrogen-bond acceptors (Lipinski definition) is 3. The summed E-state index contributed by atoms with van der Waals surface area (Å²) in [6.45, 7) is 9.46. The van der Waals surface area contributed by atoms with E-state index in [0.29, 0.717) is 18.5 Å². The number of carboxylic acid groups (broad SMARTS) is 1. The minimum absolute atomic E-state index is 0.215. The molecule has 6 heteroatoms. The second kappa shape index (κ2) is 13.1.